The number of hydrogen-bond acceptors (Lipinski definition) is 4. The summed E-state index contributed by atoms with van der Waals surface area (Å²) in [6.45, 7) is -0.00834. The monoisotopic (exact) mass is 168 g/mol. The van der Waals surface area contributed by atoms with E-state index in [1.54, 1.807) is 12.5 Å². The van der Waals surface area contributed by atoms with Gasteiger partial charge in [-0.2, -0.15) is 0 Å². The highest BCUT2D eigenvalue weighted by atomic mass is 16.1. The van der Waals surface area contributed by atoms with Crippen molar-refractivity contribution in [2.45, 2.75) is 12.5 Å². The van der Waals surface area contributed by atoms with Gasteiger partial charge in [0.1, 0.15) is 0 Å². The van der Waals surface area contributed by atoms with Crippen molar-refractivity contribution >= 4 is 5.78 Å². The van der Waals surface area contributed by atoms with Crippen LogP contribution in [0.5, 0.6) is 0 Å². The summed E-state index contributed by atoms with van der Waals surface area (Å²) < 4.78 is 0. The molecule has 0 aromatic carbocycles. The van der Waals surface area contributed by atoms with Crippen molar-refractivity contribution in [2.75, 3.05) is 6.54 Å². The molecule has 5 nitrogen and oxygen atoms in total. The summed E-state index contributed by atoms with van der Waals surface area (Å²) in [5.41, 5.74) is 11.5. The molecule has 0 aliphatic rings. The van der Waals surface area contributed by atoms with Crippen LogP contribution in [0, 0.1) is 0 Å². The second-order valence-corrected chi connectivity index (χ2v) is 2.54. The zero-order valence-electron chi connectivity index (χ0n) is 6.66. The molecule has 0 amide bonds. The topological polar surface area (TPSA) is 97.8 Å². The fourth-order valence-electron chi connectivity index (χ4n) is 0.893. The molecule has 0 fully saturated rings. The second-order valence-electron chi connectivity index (χ2n) is 2.54. The Hall–Kier alpha value is -1.20. The number of carbonyl (C=O) groups excluding carboxylic acids is 1. The minimum absolute atomic E-state index is 0.00834. The third-order valence-electron chi connectivity index (χ3n) is 1.60. The third-order valence-corrected chi connectivity index (χ3v) is 1.60. The molecule has 1 atom stereocenters. The lowest BCUT2D eigenvalue weighted by molar-refractivity contribution is -0.118. The molecule has 0 spiro atoms. The van der Waals surface area contributed by atoms with Crippen LogP contribution in [-0.2, 0) is 11.2 Å². The molecule has 1 aromatic heterocycles. The molecule has 5 heteroatoms. The van der Waals surface area contributed by atoms with Gasteiger partial charge < -0.3 is 16.5 Å². The van der Waals surface area contributed by atoms with Crippen LogP contribution in [0.25, 0.3) is 0 Å². The number of nitrogens with two attached hydrogens (primary N) is 2. The van der Waals surface area contributed by atoms with Crippen molar-refractivity contribution in [1.29, 1.82) is 0 Å². The number of Topliss-reactive ketones (excluding diaryl/α,β-unsaturated/α-hetero) is 1. The predicted molar refractivity (Wildman–Crippen MR) is 44.3 cm³/mol. The number of imidazole rings is 1. The number of nitrogens with one attached hydrogen (secondary N) is 1. The highest BCUT2D eigenvalue weighted by Crippen LogP contribution is 1.96. The lowest BCUT2D eigenvalue weighted by Gasteiger charge is -2.05. The minimum atomic E-state index is -0.529. The Bertz CT molecular complexity index is 244. The molecule has 0 aliphatic carbocycles. The molecule has 66 valence electrons. The van der Waals surface area contributed by atoms with E-state index in [1.165, 1.54) is 0 Å². The Labute approximate surface area is 70.2 Å². The normalized spacial score (nSPS) is 12.8. The second kappa shape index (κ2) is 3.99. The third kappa shape index (κ3) is 2.14. The van der Waals surface area contributed by atoms with E-state index in [-0.39, 0.29) is 12.3 Å². The van der Waals surface area contributed by atoms with Gasteiger partial charge >= 0.3 is 0 Å². The van der Waals surface area contributed by atoms with Gasteiger partial charge in [0, 0.05) is 12.6 Å². The number of nitrogens with zero attached hydrogens (tertiary/aromatic N) is 1. The van der Waals surface area contributed by atoms with E-state index in [0.29, 0.717) is 6.42 Å². The molecule has 12 heavy (non-hydrogen) atoms. The first-order chi connectivity index (χ1) is 5.74. The van der Waals surface area contributed by atoms with Gasteiger partial charge in [0.25, 0.3) is 0 Å². The highest BCUT2D eigenvalue weighted by molar-refractivity contribution is 5.85. The summed E-state index contributed by atoms with van der Waals surface area (Å²) in [5, 5.41) is 0. The molecule has 0 saturated heterocycles. The van der Waals surface area contributed by atoms with Crippen LogP contribution < -0.4 is 11.5 Å². The van der Waals surface area contributed by atoms with Crippen molar-refractivity contribution in [3.05, 3.63) is 18.2 Å². The van der Waals surface area contributed by atoms with Crippen molar-refractivity contribution in [1.82, 2.24) is 9.97 Å². The van der Waals surface area contributed by atoms with Gasteiger partial charge in [0.2, 0.25) is 0 Å². The van der Waals surface area contributed by atoms with Gasteiger partial charge in [-0.1, -0.05) is 0 Å². The predicted octanol–water partition coefficient (Wildman–Crippen LogP) is -1.19. The fourth-order valence-corrected chi connectivity index (χ4v) is 0.893. The molecular weight excluding hydrogens is 156 g/mol. The van der Waals surface area contributed by atoms with Gasteiger partial charge in [0.15, 0.2) is 5.78 Å². The summed E-state index contributed by atoms with van der Waals surface area (Å²) in [6.07, 6.45) is 3.71. The fraction of sp³-hybridized carbons (Fsp3) is 0.429. The largest absolute Gasteiger partial charge is 0.351 e. The Balaban J connectivity index is 2.47. The Kier molecular flexibility index (Phi) is 2.95. The quantitative estimate of drug-likeness (QED) is 0.526. The number of hydrogen-bond donors (Lipinski definition) is 3. The van der Waals surface area contributed by atoms with Gasteiger partial charge in [-0.3, -0.25) is 4.79 Å². The Morgan fingerprint density at radius 2 is 2.50 bits per heavy atom. The SMILES string of the molecule is NCC(=O)[C@@H](N)Cc1c[nH]cn1. The zero-order valence-corrected chi connectivity index (χ0v) is 6.66. The van der Waals surface area contributed by atoms with Crippen molar-refractivity contribution in [3.8, 4) is 0 Å². The summed E-state index contributed by atoms with van der Waals surface area (Å²) >= 11 is 0. The number of aromatic nitrogens is 2. The lowest BCUT2D eigenvalue weighted by Crippen LogP contribution is -2.37. The first kappa shape index (κ1) is 8.89. The molecule has 0 aliphatic heterocycles. The molecule has 1 aromatic rings. The van der Waals surface area contributed by atoms with Crippen LogP contribution >= 0.6 is 0 Å². The molecule has 5 N–H and O–H groups in total. The summed E-state index contributed by atoms with van der Waals surface area (Å²) in [5.74, 6) is -0.141. The number of carbonyl (C=O) groups is 1. The number of ketones is 1. The van der Waals surface area contributed by atoms with Crippen molar-refractivity contribution < 1.29 is 4.79 Å². The van der Waals surface area contributed by atoms with E-state index >= 15 is 0 Å². The molecule has 0 bridgehead atoms. The van der Waals surface area contributed by atoms with E-state index in [2.05, 4.69) is 9.97 Å². The first-order valence-corrected chi connectivity index (χ1v) is 3.70. The molecule has 0 unspecified atom stereocenters. The summed E-state index contributed by atoms with van der Waals surface area (Å²) in [4.78, 5) is 17.7. The summed E-state index contributed by atoms with van der Waals surface area (Å²) in [6, 6.07) is -0.529. The Morgan fingerprint density at radius 3 is 3.00 bits per heavy atom. The first-order valence-electron chi connectivity index (χ1n) is 3.70. The molecule has 0 saturated carbocycles. The van der Waals surface area contributed by atoms with Crippen molar-refractivity contribution in [2.24, 2.45) is 11.5 Å². The lowest BCUT2D eigenvalue weighted by atomic mass is 10.1. The van der Waals surface area contributed by atoms with E-state index in [0.717, 1.165) is 5.69 Å². The van der Waals surface area contributed by atoms with Gasteiger partial charge in [-0.15, -0.1) is 0 Å². The van der Waals surface area contributed by atoms with Crippen LogP contribution in [0.2, 0.25) is 0 Å². The van der Waals surface area contributed by atoms with Crippen LogP contribution in [-0.4, -0.2) is 28.3 Å². The number of H-pyrrole nitrogens is 1. The van der Waals surface area contributed by atoms with Gasteiger partial charge in [-0.05, 0) is 0 Å². The molecular formula is C7H12N4O. The average molecular weight is 168 g/mol. The minimum Gasteiger partial charge on any atom is -0.351 e. The Morgan fingerprint density at radius 1 is 1.75 bits per heavy atom. The standard InChI is InChI=1S/C7H12N4O/c8-2-7(12)6(9)1-5-3-10-4-11-5/h3-4,6H,1-2,8-9H2,(H,10,11)/t6-/m0/s1. The molecule has 0 radical (unpaired) electrons. The maximum Gasteiger partial charge on any atom is 0.163 e. The van der Waals surface area contributed by atoms with E-state index in [9.17, 15) is 4.79 Å². The maximum absolute atomic E-state index is 11.0. The summed E-state index contributed by atoms with van der Waals surface area (Å²) in [7, 11) is 0. The van der Waals surface area contributed by atoms with E-state index in [1.807, 2.05) is 0 Å². The zero-order chi connectivity index (χ0) is 8.97. The highest BCUT2D eigenvalue weighted by Gasteiger charge is 2.12. The van der Waals surface area contributed by atoms with Crippen molar-refractivity contribution in [3.63, 3.8) is 0 Å². The van der Waals surface area contributed by atoms with Crippen LogP contribution in [0.1, 0.15) is 5.69 Å². The average Bonchev–Trinajstić information content (AvgIpc) is 2.55. The van der Waals surface area contributed by atoms with Gasteiger partial charge in [0.05, 0.1) is 24.6 Å². The van der Waals surface area contributed by atoms with Gasteiger partial charge in [-0.25, -0.2) is 4.98 Å². The van der Waals surface area contributed by atoms with Crippen LogP contribution in [0.4, 0.5) is 0 Å². The molecule has 1 rings (SSSR count). The smallest absolute Gasteiger partial charge is 0.163 e. The van der Waals surface area contributed by atoms with E-state index < -0.39 is 6.04 Å². The maximum atomic E-state index is 11.0. The van der Waals surface area contributed by atoms with Crippen LogP contribution in [0.15, 0.2) is 12.5 Å². The van der Waals surface area contributed by atoms with E-state index in [4.69, 9.17) is 11.5 Å². The van der Waals surface area contributed by atoms with Crippen LogP contribution in [0.3, 0.4) is 0 Å². The number of rotatable bonds is 4. The number of aromatic amines is 1. The molecule has 1 heterocycles.